The molecule has 1 aliphatic heterocycles. The molecule has 2 heterocycles. The molecule has 5 rings (SSSR count). The molecule has 3 nitrogen and oxygen atoms in total. The molecule has 3 aromatic carbocycles. The molecule has 0 spiro atoms. The van der Waals surface area contributed by atoms with Crippen molar-refractivity contribution in [2.45, 2.75) is 38.2 Å². The molecule has 0 atom stereocenters. The van der Waals surface area contributed by atoms with Gasteiger partial charge in [-0.2, -0.15) is 26.3 Å². The number of hydrogen-bond donors (Lipinski definition) is 1. The minimum Gasteiger partial charge on any atom is -0.355 e. The van der Waals surface area contributed by atoms with Crippen LogP contribution < -0.4 is 5.32 Å². The molecule has 1 aliphatic rings. The molecule has 9 heteroatoms. The number of aromatic nitrogens is 1. The number of hydrogen-bond acceptors (Lipinski definition) is 3. The molecule has 0 aliphatic carbocycles. The summed E-state index contributed by atoms with van der Waals surface area (Å²) in [6.45, 7) is 3.02. The molecule has 0 bridgehead atoms. The lowest BCUT2D eigenvalue weighted by molar-refractivity contribution is -0.143. The second kappa shape index (κ2) is 10.3. The van der Waals surface area contributed by atoms with Crippen molar-refractivity contribution >= 4 is 22.3 Å². The molecule has 4 aromatic rings. The number of benzene rings is 3. The highest BCUT2D eigenvalue weighted by Gasteiger charge is 2.37. The molecule has 1 saturated heterocycles. The molecule has 0 saturated carbocycles. The number of nitrogens with zero attached hydrogens (tertiary/aromatic N) is 2. The van der Waals surface area contributed by atoms with Gasteiger partial charge in [0.2, 0.25) is 0 Å². The molecule has 1 fully saturated rings. The number of para-hydroxylation sites is 1. The molecule has 1 aromatic heterocycles. The number of likely N-dealkylation sites (tertiary alicyclic amines) is 1. The Hall–Kier alpha value is -3.59. The number of halogens is 6. The van der Waals surface area contributed by atoms with Crippen LogP contribution in [0, 0.1) is 0 Å². The summed E-state index contributed by atoms with van der Waals surface area (Å²) < 4.78 is 80.7. The van der Waals surface area contributed by atoms with Crippen molar-refractivity contribution in [3.8, 4) is 11.3 Å². The van der Waals surface area contributed by atoms with E-state index in [0.29, 0.717) is 28.7 Å². The van der Waals surface area contributed by atoms with Crippen molar-refractivity contribution in [2.24, 2.45) is 0 Å². The first-order valence-electron chi connectivity index (χ1n) is 12.3. The van der Waals surface area contributed by atoms with Crippen molar-refractivity contribution < 1.29 is 26.3 Å². The lowest BCUT2D eigenvalue weighted by Crippen LogP contribution is -2.29. The Kier molecular flexibility index (Phi) is 7.05. The van der Waals surface area contributed by atoms with E-state index in [1.165, 1.54) is 30.9 Å². The summed E-state index contributed by atoms with van der Waals surface area (Å²) >= 11 is 0. The van der Waals surface area contributed by atoms with Gasteiger partial charge in [0, 0.05) is 23.2 Å². The largest absolute Gasteiger partial charge is 0.416 e. The zero-order chi connectivity index (χ0) is 26.9. The van der Waals surface area contributed by atoms with E-state index in [0.717, 1.165) is 25.3 Å². The Morgan fingerprint density at radius 2 is 1.37 bits per heavy atom. The van der Waals surface area contributed by atoms with Gasteiger partial charge in [-0.25, -0.2) is 4.98 Å². The van der Waals surface area contributed by atoms with Gasteiger partial charge in [-0.3, -0.25) is 4.90 Å². The quantitative estimate of drug-likeness (QED) is 0.262. The van der Waals surface area contributed by atoms with Crippen LogP contribution in [0.1, 0.15) is 36.0 Å². The van der Waals surface area contributed by atoms with Crippen molar-refractivity contribution in [3.63, 3.8) is 0 Å². The Morgan fingerprint density at radius 3 is 2.00 bits per heavy atom. The van der Waals surface area contributed by atoms with Crippen LogP contribution in [-0.4, -0.2) is 23.0 Å². The third-order valence-electron chi connectivity index (χ3n) is 6.69. The van der Waals surface area contributed by atoms with E-state index in [1.54, 1.807) is 24.3 Å². The van der Waals surface area contributed by atoms with Gasteiger partial charge in [0.05, 0.1) is 28.0 Å². The predicted octanol–water partition coefficient (Wildman–Crippen LogP) is 8.67. The molecule has 0 unspecified atom stereocenters. The Bertz CT molecular complexity index is 1390. The highest BCUT2D eigenvalue weighted by molar-refractivity contribution is 5.95. The fraction of sp³-hybridized carbons (Fsp3) is 0.276. The van der Waals surface area contributed by atoms with Gasteiger partial charge in [-0.15, -0.1) is 0 Å². The maximum absolute atomic E-state index is 13.4. The topological polar surface area (TPSA) is 28.2 Å². The lowest BCUT2D eigenvalue weighted by Gasteiger charge is -2.26. The van der Waals surface area contributed by atoms with E-state index in [9.17, 15) is 26.3 Å². The average Bonchev–Trinajstić information content (AvgIpc) is 2.89. The molecule has 198 valence electrons. The Labute approximate surface area is 216 Å². The van der Waals surface area contributed by atoms with Gasteiger partial charge in [0.25, 0.3) is 0 Å². The fourth-order valence-corrected chi connectivity index (χ4v) is 4.75. The zero-order valence-corrected chi connectivity index (χ0v) is 20.3. The summed E-state index contributed by atoms with van der Waals surface area (Å²) in [6.07, 6.45) is -6.21. The fourth-order valence-electron chi connectivity index (χ4n) is 4.75. The van der Waals surface area contributed by atoms with E-state index in [-0.39, 0.29) is 17.3 Å². The van der Waals surface area contributed by atoms with Crippen LogP contribution in [-0.2, 0) is 18.9 Å². The first-order chi connectivity index (χ1) is 18.1. The monoisotopic (exact) mass is 529 g/mol. The average molecular weight is 530 g/mol. The van der Waals surface area contributed by atoms with Gasteiger partial charge < -0.3 is 5.32 Å². The van der Waals surface area contributed by atoms with Gasteiger partial charge in [-0.05, 0) is 74.0 Å². The lowest BCUT2D eigenvalue weighted by atomic mass is 10.0. The summed E-state index contributed by atoms with van der Waals surface area (Å²) in [5.41, 5.74) is -0.133. The highest BCUT2D eigenvalue weighted by Crippen LogP contribution is 2.39. The van der Waals surface area contributed by atoms with Gasteiger partial charge in [0.1, 0.15) is 0 Å². The first kappa shape index (κ1) is 26.0. The van der Waals surface area contributed by atoms with Crippen LogP contribution in [0.15, 0.2) is 72.8 Å². The SMILES string of the molecule is FC(F)(F)c1cc(-c2cc(Nc3ccc(CN4CCCCC4)cc3)c3ccccc3n2)cc(C(F)(F)F)c1. The third-order valence-corrected chi connectivity index (χ3v) is 6.69. The standard InChI is InChI=1S/C29H25F6N3/c30-28(31,32)21-14-20(15-22(16-21)29(33,34)35)26-17-27(24-6-2-3-7-25(24)37-26)36-23-10-8-19(9-11-23)18-38-12-4-1-5-13-38/h2-3,6-11,14-17H,1,4-5,12-13,18H2,(H,36,37). The molecule has 0 amide bonds. The van der Waals surface area contributed by atoms with Gasteiger partial charge in [-0.1, -0.05) is 36.8 Å². The van der Waals surface area contributed by atoms with Crippen molar-refractivity contribution in [3.05, 3.63) is 89.5 Å². The van der Waals surface area contributed by atoms with E-state index in [2.05, 4.69) is 15.2 Å². The summed E-state index contributed by atoms with van der Waals surface area (Å²) in [4.78, 5) is 6.81. The Balaban J connectivity index is 1.50. The number of alkyl halides is 6. The van der Waals surface area contributed by atoms with Crippen LogP contribution >= 0.6 is 0 Å². The Morgan fingerprint density at radius 1 is 0.737 bits per heavy atom. The number of nitrogens with one attached hydrogen (secondary N) is 1. The van der Waals surface area contributed by atoms with E-state index in [4.69, 9.17) is 0 Å². The third kappa shape index (κ3) is 5.93. The second-order valence-corrected chi connectivity index (χ2v) is 9.53. The summed E-state index contributed by atoms with van der Waals surface area (Å²) in [5.74, 6) is 0. The zero-order valence-electron chi connectivity index (χ0n) is 20.3. The van der Waals surface area contributed by atoms with Crippen LogP contribution in [0.2, 0.25) is 0 Å². The maximum atomic E-state index is 13.4. The van der Waals surface area contributed by atoms with Crippen molar-refractivity contribution in [2.75, 3.05) is 18.4 Å². The molecule has 1 N–H and O–H groups in total. The van der Waals surface area contributed by atoms with Crippen LogP contribution in [0.4, 0.5) is 37.7 Å². The van der Waals surface area contributed by atoms with E-state index < -0.39 is 23.5 Å². The van der Waals surface area contributed by atoms with Crippen molar-refractivity contribution in [1.82, 2.24) is 9.88 Å². The minimum absolute atomic E-state index is 0.00418. The van der Waals surface area contributed by atoms with Gasteiger partial charge in [0.15, 0.2) is 0 Å². The summed E-state index contributed by atoms with van der Waals surface area (Å²) in [5, 5.41) is 3.97. The van der Waals surface area contributed by atoms with E-state index >= 15 is 0 Å². The molecule has 0 radical (unpaired) electrons. The number of rotatable bonds is 5. The normalized spacial score (nSPS) is 15.1. The minimum atomic E-state index is -4.94. The van der Waals surface area contributed by atoms with Crippen LogP contribution in [0.25, 0.3) is 22.2 Å². The maximum Gasteiger partial charge on any atom is 0.416 e. The second-order valence-electron chi connectivity index (χ2n) is 9.53. The highest BCUT2D eigenvalue weighted by atomic mass is 19.4. The molecular weight excluding hydrogens is 504 g/mol. The summed E-state index contributed by atoms with van der Waals surface area (Å²) in [7, 11) is 0. The smallest absolute Gasteiger partial charge is 0.355 e. The van der Waals surface area contributed by atoms with Gasteiger partial charge >= 0.3 is 12.4 Å². The predicted molar refractivity (Wildman–Crippen MR) is 136 cm³/mol. The molecule has 38 heavy (non-hydrogen) atoms. The number of anilines is 2. The number of fused-ring (bicyclic) bond motifs is 1. The number of piperidine rings is 1. The first-order valence-corrected chi connectivity index (χ1v) is 12.3. The molecular formula is C29H25F6N3. The van der Waals surface area contributed by atoms with Crippen LogP contribution in [0.5, 0.6) is 0 Å². The summed E-state index contributed by atoms with van der Waals surface area (Å²) in [6, 6.07) is 17.9. The number of pyridine rings is 1. The van der Waals surface area contributed by atoms with Crippen molar-refractivity contribution in [1.29, 1.82) is 0 Å². The van der Waals surface area contributed by atoms with Crippen LogP contribution in [0.3, 0.4) is 0 Å². The van der Waals surface area contributed by atoms with E-state index in [1.807, 2.05) is 24.3 Å².